The summed E-state index contributed by atoms with van der Waals surface area (Å²) in [6.07, 6.45) is 3.77. The third kappa shape index (κ3) is 3.51. The largest absolute Gasteiger partial charge is 0.383 e. The summed E-state index contributed by atoms with van der Waals surface area (Å²) >= 11 is 0. The van der Waals surface area contributed by atoms with Gasteiger partial charge in [0.25, 0.3) is 0 Å². The monoisotopic (exact) mass is 328 g/mol. The average molecular weight is 328 g/mol. The molecule has 128 valence electrons. The number of carbonyl (C=O) groups excluding carboxylic acids is 1. The van der Waals surface area contributed by atoms with Gasteiger partial charge < -0.3 is 14.5 Å². The zero-order chi connectivity index (χ0) is 17.0. The van der Waals surface area contributed by atoms with E-state index in [2.05, 4.69) is 16.0 Å². The minimum Gasteiger partial charge on any atom is -0.383 e. The summed E-state index contributed by atoms with van der Waals surface area (Å²) in [7, 11) is 1.67. The van der Waals surface area contributed by atoms with Crippen LogP contribution in [-0.2, 0) is 9.53 Å². The third-order valence-corrected chi connectivity index (χ3v) is 5.15. The van der Waals surface area contributed by atoms with Crippen molar-refractivity contribution in [2.45, 2.75) is 25.7 Å². The molecule has 6 nitrogen and oxygen atoms in total. The smallest absolute Gasteiger partial charge is 0.222 e. The molecule has 0 aromatic carbocycles. The van der Waals surface area contributed by atoms with Crippen molar-refractivity contribution in [3.8, 4) is 6.07 Å². The second-order valence-corrected chi connectivity index (χ2v) is 6.83. The number of hydrogen-bond donors (Lipinski definition) is 0. The van der Waals surface area contributed by atoms with Crippen molar-refractivity contribution in [2.24, 2.45) is 5.41 Å². The van der Waals surface area contributed by atoms with E-state index in [1.54, 1.807) is 13.2 Å². The Bertz CT molecular complexity index is 642. The molecule has 1 aromatic rings. The number of anilines is 1. The van der Waals surface area contributed by atoms with Gasteiger partial charge in [0.15, 0.2) is 0 Å². The van der Waals surface area contributed by atoms with Crippen molar-refractivity contribution in [2.75, 3.05) is 44.8 Å². The van der Waals surface area contributed by atoms with Gasteiger partial charge in [0.1, 0.15) is 17.6 Å². The molecule has 2 aliphatic heterocycles. The van der Waals surface area contributed by atoms with E-state index in [-0.39, 0.29) is 11.3 Å². The highest BCUT2D eigenvalue weighted by molar-refractivity contribution is 5.77. The van der Waals surface area contributed by atoms with Crippen LogP contribution >= 0.6 is 0 Å². The number of nitriles is 1. The number of nitrogens with zero attached hydrogens (tertiary/aromatic N) is 4. The molecule has 0 N–H and O–H groups in total. The minimum absolute atomic E-state index is 0.129. The van der Waals surface area contributed by atoms with Gasteiger partial charge in [-0.1, -0.05) is 6.07 Å². The van der Waals surface area contributed by atoms with Crippen LogP contribution < -0.4 is 4.90 Å². The first-order chi connectivity index (χ1) is 11.7. The van der Waals surface area contributed by atoms with Crippen molar-refractivity contribution in [1.82, 2.24) is 9.88 Å². The molecule has 1 amide bonds. The van der Waals surface area contributed by atoms with Gasteiger partial charge in [-0.05, 0) is 31.4 Å². The molecule has 6 heteroatoms. The maximum Gasteiger partial charge on any atom is 0.222 e. The molecule has 0 radical (unpaired) electrons. The van der Waals surface area contributed by atoms with Crippen LogP contribution in [0.2, 0.25) is 0 Å². The van der Waals surface area contributed by atoms with Gasteiger partial charge in [0.2, 0.25) is 5.91 Å². The highest BCUT2D eigenvalue weighted by atomic mass is 16.5. The van der Waals surface area contributed by atoms with Gasteiger partial charge in [-0.2, -0.15) is 5.26 Å². The fourth-order valence-corrected chi connectivity index (χ4v) is 3.91. The quantitative estimate of drug-likeness (QED) is 0.843. The van der Waals surface area contributed by atoms with Gasteiger partial charge in [0.05, 0.1) is 6.61 Å². The van der Waals surface area contributed by atoms with Crippen LogP contribution in [0.1, 0.15) is 31.4 Å². The number of methoxy groups -OCH3 is 1. The molecule has 2 fully saturated rings. The van der Waals surface area contributed by atoms with E-state index in [9.17, 15) is 4.79 Å². The van der Waals surface area contributed by atoms with Gasteiger partial charge >= 0.3 is 0 Å². The maximum atomic E-state index is 12.2. The zero-order valence-corrected chi connectivity index (χ0v) is 14.2. The molecular weight excluding hydrogens is 304 g/mol. The van der Waals surface area contributed by atoms with E-state index in [1.807, 2.05) is 17.0 Å². The molecule has 0 saturated carbocycles. The van der Waals surface area contributed by atoms with Gasteiger partial charge in [-0.3, -0.25) is 4.79 Å². The number of ether oxygens (including phenoxy) is 1. The Kier molecular flexibility index (Phi) is 5.00. The summed E-state index contributed by atoms with van der Waals surface area (Å²) in [6, 6.07) is 7.70. The molecule has 2 aliphatic rings. The van der Waals surface area contributed by atoms with Crippen LogP contribution in [0.3, 0.4) is 0 Å². The lowest BCUT2D eigenvalue weighted by molar-refractivity contribution is -0.138. The van der Waals surface area contributed by atoms with Crippen LogP contribution in [0.25, 0.3) is 0 Å². The Morgan fingerprint density at radius 1 is 1.38 bits per heavy atom. The zero-order valence-electron chi connectivity index (χ0n) is 14.2. The predicted molar refractivity (Wildman–Crippen MR) is 90.5 cm³/mol. The number of carbonyl (C=O) groups is 1. The van der Waals surface area contributed by atoms with E-state index in [0.29, 0.717) is 25.3 Å². The fourth-order valence-electron chi connectivity index (χ4n) is 3.91. The van der Waals surface area contributed by atoms with Gasteiger partial charge in [-0.25, -0.2) is 4.98 Å². The molecule has 1 unspecified atom stereocenters. The van der Waals surface area contributed by atoms with E-state index in [0.717, 1.165) is 44.7 Å². The van der Waals surface area contributed by atoms with Gasteiger partial charge in [-0.15, -0.1) is 0 Å². The summed E-state index contributed by atoms with van der Waals surface area (Å²) in [4.78, 5) is 20.8. The average Bonchev–Trinajstić information content (AvgIpc) is 2.63. The minimum atomic E-state index is 0.129. The number of aromatic nitrogens is 1. The first-order valence-corrected chi connectivity index (χ1v) is 8.55. The molecule has 3 rings (SSSR count). The van der Waals surface area contributed by atoms with Crippen molar-refractivity contribution < 1.29 is 9.53 Å². The fraction of sp³-hybridized carbons (Fsp3) is 0.611. The molecule has 0 bridgehead atoms. The molecule has 1 aromatic heterocycles. The Labute approximate surface area is 143 Å². The van der Waals surface area contributed by atoms with E-state index in [4.69, 9.17) is 10.00 Å². The second kappa shape index (κ2) is 7.18. The molecule has 1 spiro atoms. The van der Waals surface area contributed by atoms with Crippen molar-refractivity contribution in [3.63, 3.8) is 0 Å². The standard InChI is InChI=1S/C18H24N4O2/c1-24-11-10-22-14-18(8-6-17(22)23)7-3-9-21(13-18)16-5-2-4-15(12-19)20-16/h2,4-5H,3,6-11,13-14H2,1H3. The Morgan fingerprint density at radius 2 is 2.25 bits per heavy atom. The number of hydrogen-bond acceptors (Lipinski definition) is 5. The molecule has 0 aliphatic carbocycles. The lowest BCUT2D eigenvalue weighted by atomic mass is 9.73. The van der Waals surface area contributed by atoms with Crippen LogP contribution in [0.4, 0.5) is 5.82 Å². The second-order valence-electron chi connectivity index (χ2n) is 6.83. The number of pyridine rings is 1. The van der Waals surface area contributed by atoms with Crippen molar-refractivity contribution in [3.05, 3.63) is 23.9 Å². The summed E-state index contributed by atoms with van der Waals surface area (Å²) in [6.45, 7) is 3.89. The highest BCUT2D eigenvalue weighted by Gasteiger charge is 2.41. The molecule has 2 saturated heterocycles. The molecular formula is C18H24N4O2. The summed E-state index contributed by atoms with van der Waals surface area (Å²) in [5.41, 5.74) is 0.581. The van der Waals surface area contributed by atoms with Gasteiger partial charge in [0, 0.05) is 45.1 Å². The van der Waals surface area contributed by atoms with Crippen LogP contribution in [-0.4, -0.2) is 55.7 Å². The first-order valence-electron chi connectivity index (χ1n) is 8.55. The number of amides is 1. The lowest BCUT2D eigenvalue weighted by Gasteiger charge is -2.48. The van der Waals surface area contributed by atoms with E-state index in [1.165, 1.54) is 0 Å². The molecule has 24 heavy (non-hydrogen) atoms. The normalized spacial score (nSPS) is 24.2. The summed E-state index contributed by atoms with van der Waals surface area (Å²) in [5.74, 6) is 1.10. The maximum absolute atomic E-state index is 12.2. The summed E-state index contributed by atoms with van der Waals surface area (Å²) < 4.78 is 5.14. The Hall–Kier alpha value is -2.13. The molecule has 1 atom stereocenters. The topological polar surface area (TPSA) is 69.5 Å². The van der Waals surface area contributed by atoms with Crippen LogP contribution in [0.5, 0.6) is 0 Å². The van der Waals surface area contributed by atoms with E-state index >= 15 is 0 Å². The third-order valence-electron chi connectivity index (χ3n) is 5.15. The lowest BCUT2D eigenvalue weighted by Crippen LogP contribution is -2.54. The Morgan fingerprint density at radius 3 is 3.04 bits per heavy atom. The molecule has 3 heterocycles. The number of rotatable bonds is 4. The Balaban J connectivity index is 1.74. The highest BCUT2D eigenvalue weighted by Crippen LogP contribution is 2.39. The number of piperidine rings is 2. The van der Waals surface area contributed by atoms with Crippen LogP contribution in [0, 0.1) is 16.7 Å². The number of likely N-dealkylation sites (tertiary alicyclic amines) is 1. The first kappa shape index (κ1) is 16.7. The van der Waals surface area contributed by atoms with E-state index < -0.39 is 0 Å². The predicted octanol–water partition coefficient (Wildman–Crippen LogP) is 1.81. The van der Waals surface area contributed by atoms with Crippen LogP contribution in [0.15, 0.2) is 18.2 Å². The van der Waals surface area contributed by atoms with Crippen molar-refractivity contribution in [1.29, 1.82) is 5.26 Å². The SMILES string of the molecule is COCCN1CC2(CCCN(c3cccc(C#N)n3)C2)CCC1=O. The van der Waals surface area contributed by atoms with Crippen molar-refractivity contribution >= 4 is 11.7 Å². The summed E-state index contributed by atoms with van der Waals surface area (Å²) in [5, 5.41) is 9.06.